The fourth-order valence-electron chi connectivity index (χ4n) is 3.40. The third-order valence-corrected chi connectivity index (χ3v) is 5.95. The largest absolute Gasteiger partial charge is 0.463 e. The van der Waals surface area contributed by atoms with Crippen molar-refractivity contribution >= 4 is 27.0 Å². The van der Waals surface area contributed by atoms with E-state index >= 15 is 0 Å². The number of nitrogens with two attached hydrogens (primary N) is 1. The molecule has 1 aromatic carbocycles. The van der Waals surface area contributed by atoms with Crippen LogP contribution in [-0.4, -0.2) is 35.6 Å². The first-order valence-corrected chi connectivity index (χ1v) is 11.6. The highest BCUT2D eigenvalue weighted by atomic mass is 32.2. The number of carbonyl (C=O) groups is 1. The molecule has 3 aromatic heterocycles. The maximum Gasteiger partial charge on any atom is 0.252 e. The summed E-state index contributed by atoms with van der Waals surface area (Å²) in [5, 5.41) is 13.1. The summed E-state index contributed by atoms with van der Waals surface area (Å²) in [5.74, 6) is 0.307. The van der Waals surface area contributed by atoms with Gasteiger partial charge in [-0.1, -0.05) is 12.1 Å². The highest BCUT2D eigenvalue weighted by Crippen LogP contribution is 2.26. The van der Waals surface area contributed by atoms with Crippen LogP contribution in [0.5, 0.6) is 0 Å². The molecule has 0 spiro atoms. The molecule has 4 rings (SSSR count). The topological polar surface area (TPSA) is 133 Å². The summed E-state index contributed by atoms with van der Waals surface area (Å²) in [4.78, 5) is 17.8. The van der Waals surface area contributed by atoms with Crippen molar-refractivity contribution in [3.63, 3.8) is 0 Å². The van der Waals surface area contributed by atoms with E-state index in [-0.39, 0.29) is 16.8 Å². The predicted octanol–water partition coefficient (Wildman–Crippen LogP) is 2.89. The number of amides is 1. The van der Waals surface area contributed by atoms with E-state index in [0.29, 0.717) is 41.0 Å². The van der Waals surface area contributed by atoms with Crippen molar-refractivity contribution in [2.45, 2.75) is 31.2 Å². The molecule has 0 aliphatic heterocycles. The molecule has 0 radical (unpaired) electrons. The number of rotatable bonds is 7. The first kappa shape index (κ1) is 21.7. The number of carbonyl (C=O) groups excluding carboxylic acids is 1. The van der Waals surface area contributed by atoms with Gasteiger partial charge in [0, 0.05) is 12.6 Å². The molecule has 9 nitrogen and oxygen atoms in total. The van der Waals surface area contributed by atoms with Gasteiger partial charge in [-0.3, -0.25) is 4.79 Å². The molecule has 3 heterocycles. The van der Waals surface area contributed by atoms with Crippen LogP contribution in [0.3, 0.4) is 0 Å². The Balaban J connectivity index is 1.56. The monoisotopic (exact) mass is 453 g/mol. The molecule has 0 atom stereocenters. The van der Waals surface area contributed by atoms with Crippen molar-refractivity contribution in [3.8, 4) is 11.5 Å². The number of furan rings is 1. The smallest absolute Gasteiger partial charge is 0.252 e. The number of hydrogen-bond acceptors (Lipinski definition) is 6. The number of benzene rings is 1. The average molecular weight is 454 g/mol. The van der Waals surface area contributed by atoms with Gasteiger partial charge in [0.2, 0.25) is 10.0 Å². The van der Waals surface area contributed by atoms with Gasteiger partial charge in [-0.15, -0.1) is 0 Å². The lowest BCUT2D eigenvalue weighted by Gasteiger charge is -2.10. The maximum atomic E-state index is 13.0. The molecular weight excluding hydrogens is 430 g/mol. The van der Waals surface area contributed by atoms with E-state index in [1.807, 2.05) is 13.8 Å². The Morgan fingerprint density at radius 1 is 1.22 bits per heavy atom. The van der Waals surface area contributed by atoms with Gasteiger partial charge >= 0.3 is 0 Å². The molecule has 4 aromatic rings. The van der Waals surface area contributed by atoms with Crippen LogP contribution in [0.1, 0.15) is 35.8 Å². The standard InChI is InChI=1S/C22H23N5O4S/c1-14(2)27-21-18(13-25-27)17(12-19(26-21)20-4-3-11-31-20)22(28)24-10-9-15-5-7-16(8-6-15)32(23,29)30/h3-8,11-14H,9-10H2,1-2H3,(H,24,28)(H2,23,29,30). The predicted molar refractivity (Wildman–Crippen MR) is 119 cm³/mol. The van der Waals surface area contributed by atoms with E-state index in [9.17, 15) is 13.2 Å². The molecule has 166 valence electrons. The second-order valence-corrected chi connectivity index (χ2v) is 9.21. The fraction of sp³-hybridized carbons (Fsp3) is 0.227. The quantitative estimate of drug-likeness (QED) is 0.442. The second kappa shape index (κ2) is 8.56. The molecule has 10 heteroatoms. The van der Waals surface area contributed by atoms with Crippen molar-refractivity contribution in [1.29, 1.82) is 0 Å². The highest BCUT2D eigenvalue weighted by Gasteiger charge is 2.19. The number of aromatic nitrogens is 3. The molecule has 3 N–H and O–H groups in total. The van der Waals surface area contributed by atoms with Crippen molar-refractivity contribution in [2.75, 3.05) is 6.54 Å². The lowest BCUT2D eigenvalue weighted by molar-refractivity contribution is 0.0955. The Labute approximate surface area is 185 Å². The summed E-state index contributed by atoms with van der Waals surface area (Å²) in [6.45, 7) is 4.36. The number of sulfonamides is 1. The Kier molecular flexibility index (Phi) is 5.81. The zero-order valence-corrected chi connectivity index (χ0v) is 18.5. The van der Waals surface area contributed by atoms with E-state index in [1.165, 1.54) is 12.1 Å². The number of hydrogen-bond donors (Lipinski definition) is 2. The van der Waals surface area contributed by atoms with Gasteiger partial charge < -0.3 is 9.73 Å². The van der Waals surface area contributed by atoms with Gasteiger partial charge in [0.15, 0.2) is 11.4 Å². The summed E-state index contributed by atoms with van der Waals surface area (Å²) in [6.07, 6.45) is 3.73. The van der Waals surface area contributed by atoms with Crippen LogP contribution in [0.15, 0.2) is 64.2 Å². The van der Waals surface area contributed by atoms with Crippen molar-refractivity contribution < 1.29 is 17.6 Å². The van der Waals surface area contributed by atoms with Crippen LogP contribution in [0.25, 0.3) is 22.5 Å². The number of fused-ring (bicyclic) bond motifs is 1. The van der Waals surface area contributed by atoms with Crippen LogP contribution in [0.4, 0.5) is 0 Å². The average Bonchev–Trinajstić information content (AvgIpc) is 3.42. The SMILES string of the molecule is CC(C)n1ncc2c(C(=O)NCCc3ccc(S(N)(=O)=O)cc3)cc(-c3ccco3)nc21. The van der Waals surface area contributed by atoms with Crippen LogP contribution >= 0.6 is 0 Å². The molecule has 0 aliphatic carbocycles. The molecule has 0 saturated heterocycles. The van der Waals surface area contributed by atoms with Gasteiger partial charge in [0.25, 0.3) is 5.91 Å². The molecule has 1 amide bonds. The minimum atomic E-state index is -3.73. The molecular formula is C22H23N5O4S. The molecule has 0 unspecified atom stereocenters. The first-order chi connectivity index (χ1) is 15.2. The highest BCUT2D eigenvalue weighted by molar-refractivity contribution is 7.89. The van der Waals surface area contributed by atoms with E-state index in [0.717, 1.165) is 5.56 Å². The first-order valence-electron chi connectivity index (χ1n) is 10.1. The van der Waals surface area contributed by atoms with E-state index in [4.69, 9.17) is 9.56 Å². The van der Waals surface area contributed by atoms with Gasteiger partial charge in [0.1, 0.15) is 5.69 Å². The molecule has 32 heavy (non-hydrogen) atoms. The van der Waals surface area contributed by atoms with E-state index < -0.39 is 10.0 Å². The Morgan fingerprint density at radius 2 is 1.97 bits per heavy atom. The zero-order chi connectivity index (χ0) is 22.9. The summed E-state index contributed by atoms with van der Waals surface area (Å²) in [7, 11) is -3.73. The van der Waals surface area contributed by atoms with Crippen LogP contribution in [0.2, 0.25) is 0 Å². The number of pyridine rings is 1. The molecule has 0 aliphatic rings. The molecule has 0 fully saturated rings. The van der Waals surface area contributed by atoms with Crippen LogP contribution in [-0.2, 0) is 16.4 Å². The van der Waals surface area contributed by atoms with Gasteiger partial charge in [-0.25, -0.2) is 23.2 Å². The minimum absolute atomic E-state index is 0.0529. The Bertz CT molecular complexity index is 1360. The van der Waals surface area contributed by atoms with Gasteiger partial charge in [0.05, 0.1) is 28.3 Å². The molecule has 0 saturated carbocycles. The minimum Gasteiger partial charge on any atom is -0.463 e. The summed E-state index contributed by atoms with van der Waals surface area (Å²) in [5.41, 5.74) is 2.49. The number of primary sulfonamides is 1. The summed E-state index contributed by atoms with van der Waals surface area (Å²) in [6, 6.07) is 11.6. The second-order valence-electron chi connectivity index (χ2n) is 7.65. The van der Waals surface area contributed by atoms with Gasteiger partial charge in [-0.05, 0) is 56.2 Å². The third-order valence-electron chi connectivity index (χ3n) is 5.03. The maximum absolute atomic E-state index is 13.0. The lowest BCUT2D eigenvalue weighted by atomic mass is 10.1. The Hall–Kier alpha value is -3.50. The Morgan fingerprint density at radius 3 is 2.59 bits per heavy atom. The van der Waals surface area contributed by atoms with Crippen molar-refractivity contribution in [1.82, 2.24) is 20.1 Å². The van der Waals surface area contributed by atoms with E-state index in [2.05, 4.69) is 15.4 Å². The summed E-state index contributed by atoms with van der Waals surface area (Å²) >= 11 is 0. The molecule has 0 bridgehead atoms. The number of nitrogens with one attached hydrogen (secondary N) is 1. The fourth-order valence-corrected chi connectivity index (χ4v) is 3.91. The summed E-state index contributed by atoms with van der Waals surface area (Å²) < 4.78 is 30.0. The zero-order valence-electron chi connectivity index (χ0n) is 17.6. The van der Waals surface area contributed by atoms with Crippen molar-refractivity contribution in [3.05, 3.63) is 66.1 Å². The third kappa shape index (κ3) is 4.41. The normalized spacial score (nSPS) is 11.9. The van der Waals surface area contributed by atoms with E-state index in [1.54, 1.807) is 47.5 Å². The van der Waals surface area contributed by atoms with Crippen molar-refractivity contribution in [2.24, 2.45) is 5.14 Å². The number of nitrogens with zero attached hydrogens (tertiary/aromatic N) is 3. The van der Waals surface area contributed by atoms with Crippen LogP contribution < -0.4 is 10.5 Å². The van der Waals surface area contributed by atoms with Gasteiger partial charge in [-0.2, -0.15) is 5.10 Å². The van der Waals surface area contributed by atoms with Crippen LogP contribution in [0, 0.1) is 0 Å². The lowest BCUT2D eigenvalue weighted by Crippen LogP contribution is -2.26.